The van der Waals surface area contributed by atoms with Gasteiger partial charge in [0.05, 0.1) is 6.54 Å². The lowest BCUT2D eigenvalue weighted by Gasteiger charge is -2.30. The summed E-state index contributed by atoms with van der Waals surface area (Å²) in [4.78, 5) is 14.3. The van der Waals surface area contributed by atoms with Crippen LogP contribution in [0.25, 0.3) is 0 Å². The number of hydrogen-bond acceptors (Lipinski definition) is 4. The summed E-state index contributed by atoms with van der Waals surface area (Å²) < 4.78 is 0. The van der Waals surface area contributed by atoms with E-state index < -0.39 is 5.60 Å². The minimum atomic E-state index is -1.03. The number of piperidine rings is 1. The summed E-state index contributed by atoms with van der Waals surface area (Å²) in [6, 6.07) is 1.66. The molecule has 0 aliphatic carbocycles. The molecular formula is C17H29N3O2S. The van der Waals surface area contributed by atoms with E-state index in [1.54, 1.807) is 6.92 Å². The van der Waals surface area contributed by atoms with E-state index in [0.717, 1.165) is 24.4 Å². The van der Waals surface area contributed by atoms with E-state index in [9.17, 15) is 9.90 Å². The molecule has 1 fully saturated rings. The molecule has 0 aromatic carbocycles. The predicted octanol–water partition coefficient (Wildman–Crippen LogP) is 2.38. The van der Waals surface area contributed by atoms with Crippen LogP contribution in [0, 0.1) is 5.92 Å². The zero-order chi connectivity index (χ0) is 16.7. The maximum atomic E-state index is 11.8. The Morgan fingerprint density at radius 3 is 3.04 bits per heavy atom. The highest BCUT2D eigenvalue weighted by atomic mass is 32.1. The molecule has 0 radical (unpaired) electrons. The Morgan fingerprint density at radius 1 is 1.52 bits per heavy atom. The van der Waals surface area contributed by atoms with Crippen LogP contribution < -0.4 is 10.6 Å². The fourth-order valence-electron chi connectivity index (χ4n) is 2.98. The lowest BCUT2D eigenvalue weighted by atomic mass is 9.99. The lowest BCUT2D eigenvalue weighted by molar-refractivity contribution is 0.0598. The highest BCUT2D eigenvalue weighted by molar-refractivity contribution is 7.08. The molecular weight excluding hydrogens is 310 g/mol. The quantitative estimate of drug-likeness (QED) is 0.668. The van der Waals surface area contributed by atoms with Crippen LogP contribution in [0.4, 0.5) is 4.79 Å². The Hall–Kier alpha value is -1.11. The first-order chi connectivity index (χ1) is 11.0. The second kappa shape index (κ2) is 8.66. The molecule has 3 N–H and O–H groups in total. The molecule has 2 amide bonds. The zero-order valence-corrected chi connectivity index (χ0v) is 15.0. The summed E-state index contributed by atoms with van der Waals surface area (Å²) in [6.45, 7) is 8.29. The highest BCUT2D eigenvalue weighted by Gasteiger charge is 2.24. The van der Waals surface area contributed by atoms with Crippen molar-refractivity contribution in [3.63, 3.8) is 0 Å². The second-order valence-corrected chi connectivity index (χ2v) is 7.58. The molecule has 0 spiro atoms. The fraction of sp³-hybridized carbons (Fsp3) is 0.706. The van der Waals surface area contributed by atoms with Crippen molar-refractivity contribution in [3.05, 3.63) is 22.4 Å². The molecule has 5 nitrogen and oxygen atoms in total. The number of carbonyl (C=O) groups excluding carboxylic acids is 1. The van der Waals surface area contributed by atoms with Crippen molar-refractivity contribution in [3.8, 4) is 0 Å². The van der Waals surface area contributed by atoms with Crippen LogP contribution in [0.3, 0.4) is 0 Å². The number of thiophene rings is 1. The Morgan fingerprint density at radius 2 is 2.35 bits per heavy atom. The third-order valence-corrected chi connectivity index (χ3v) is 5.10. The molecule has 1 aromatic rings. The molecule has 1 aliphatic heterocycles. The van der Waals surface area contributed by atoms with Gasteiger partial charge >= 0.3 is 6.03 Å². The molecule has 2 heterocycles. The van der Waals surface area contributed by atoms with Gasteiger partial charge in [-0.3, -0.25) is 0 Å². The van der Waals surface area contributed by atoms with Crippen LogP contribution >= 0.6 is 11.3 Å². The van der Waals surface area contributed by atoms with Gasteiger partial charge in [0.1, 0.15) is 5.60 Å². The number of hydrogen-bond donors (Lipinski definition) is 3. The third kappa shape index (κ3) is 6.12. The van der Waals surface area contributed by atoms with Gasteiger partial charge in [-0.15, -0.1) is 0 Å². The maximum Gasteiger partial charge on any atom is 0.314 e. The van der Waals surface area contributed by atoms with Gasteiger partial charge in [0.2, 0.25) is 0 Å². The van der Waals surface area contributed by atoms with Crippen molar-refractivity contribution in [1.82, 2.24) is 15.5 Å². The molecule has 1 saturated heterocycles. The Kier molecular flexibility index (Phi) is 6.87. The van der Waals surface area contributed by atoms with Crippen LogP contribution in [0.2, 0.25) is 0 Å². The Labute approximate surface area is 143 Å². The molecule has 2 atom stereocenters. The molecule has 2 rings (SSSR count). The number of carbonyl (C=O) groups is 1. The van der Waals surface area contributed by atoms with Crippen molar-refractivity contribution in [2.24, 2.45) is 5.92 Å². The summed E-state index contributed by atoms with van der Waals surface area (Å²) in [5.74, 6) is 0.791. The third-order valence-electron chi connectivity index (χ3n) is 4.41. The normalized spacial score (nSPS) is 21.6. The summed E-state index contributed by atoms with van der Waals surface area (Å²) in [6.07, 6.45) is 3.58. The van der Waals surface area contributed by atoms with Crippen molar-refractivity contribution in [2.45, 2.75) is 38.7 Å². The van der Waals surface area contributed by atoms with Crippen molar-refractivity contribution in [1.29, 1.82) is 0 Å². The number of aliphatic hydroxyl groups is 1. The average molecular weight is 340 g/mol. The van der Waals surface area contributed by atoms with E-state index >= 15 is 0 Å². The summed E-state index contributed by atoms with van der Waals surface area (Å²) >= 11 is 1.54. The van der Waals surface area contributed by atoms with Crippen LogP contribution in [0.15, 0.2) is 16.8 Å². The Balaban J connectivity index is 1.58. The summed E-state index contributed by atoms with van der Waals surface area (Å²) in [7, 11) is 0. The number of likely N-dealkylation sites (tertiary alicyclic amines) is 1. The minimum Gasteiger partial charge on any atom is -0.384 e. The van der Waals surface area contributed by atoms with Crippen LogP contribution in [0.5, 0.6) is 0 Å². The fourth-order valence-corrected chi connectivity index (χ4v) is 3.77. The standard InChI is InChI=1S/C17H29N3O2S/c1-14-5-3-8-20(11-14)9-4-7-18-16(21)19-13-17(2,22)15-6-10-23-12-15/h6,10,12,14,22H,3-5,7-9,11,13H2,1-2H3,(H2,18,19,21). The summed E-state index contributed by atoms with van der Waals surface area (Å²) in [5.41, 5.74) is -0.191. The van der Waals surface area contributed by atoms with Gasteiger partial charge < -0.3 is 20.6 Å². The van der Waals surface area contributed by atoms with E-state index in [-0.39, 0.29) is 12.6 Å². The van der Waals surface area contributed by atoms with E-state index in [1.165, 1.54) is 37.3 Å². The molecule has 0 bridgehead atoms. The van der Waals surface area contributed by atoms with Crippen molar-refractivity contribution >= 4 is 17.4 Å². The first kappa shape index (κ1) is 18.2. The number of urea groups is 1. The van der Waals surface area contributed by atoms with Crippen LogP contribution in [0.1, 0.15) is 38.7 Å². The SMILES string of the molecule is CC1CCCN(CCCNC(=O)NCC(C)(O)c2ccsc2)C1. The van der Waals surface area contributed by atoms with Gasteiger partial charge in [-0.25, -0.2) is 4.79 Å². The predicted molar refractivity (Wildman–Crippen MR) is 94.7 cm³/mol. The van der Waals surface area contributed by atoms with Gasteiger partial charge in [-0.2, -0.15) is 11.3 Å². The topological polar surface area (TPSA) is 64.6 Å². The second-order valence-electron chi connectivity index (χ2n) is 6.80. The van der Waals surface area contributed by atoms with Gasteiger partial charge in [0, 0.05) is 13.1 Å². The zero-order valence-electron chi connectivity index (χ0n) is 14.2. The molecule has 1 aliphatic rings. The largest absolute Gasteiger partial charge is 0.384 e. The average Bonchev–Trinajstić information content (AvgIpc) is 3.05. The minimum absolute atomic E-state index is 0.208. The smallest absolute Gasteiger partial charge is 0.314 e. The van der Waals surface area contributed by atoms with Crippen molar-refractivity contribution < 1.29 is 9.90 Å². The van der Waals surface area contributed by atoms with Crippen LogP contribution in [-0.4, -0.2) is 48.8 Å². The Bertz CT molecular complexity index is 476. The van der Waals surface area contributed by atoms with E-state index in [2.05, 4.69) is 22.5 Å². The molecule has 6 heteroatoms. The molecule has 2 unspecified atom stereocenters. The number of rotatable bonds is 7. The number of amides is 2. The molecule has 23 heavy (non-hydrogen) atoms. The van der Waals surface area contributed by atoms with Crippen LogP contribution in [-0.2, 0) is 5.60 Å². The first-order valence-corrected chi connectivity index (χ1v) is 9.41. The lowest BCUT2D eigenvalue weighted by Crippen LogP contribution is -2.44. The number of nitrogens with one attached hydrogen (secondary N) is 2. The molecule has 1 aromatic heterocycles. The number of nitrogens with zero attached hydrogens (tertiary/aromatic N) is 1. The maximum absolute atomic E-state index is 11.8. The first-order valence-electron chi connectivity index (χ1n) is 8.46. The van der Waals surface area contributed by atoms with Gasteiger partial charge in [0.15, 0.2) is 0 Å². The van der Waals surface area contributed by atoms with E-state index in [0.29, 0.717) is 6.54 Å². The molecule has 130 valence electrons. The van der Waals surface area contributed by atoms with E-state index in [4.69, 9.17) is 0 Å². The van der Waals surface area contributed by atoms with Crippen molar-refractivity contribution in [2.75, 3.05) is 32.7 Å². The van der Waals surface area contributed by atoms with Gasteiger partial charge in [-0.05, 0) is 67.6 Å². The highest BCUT2D eigenvalue weighted by Crippen LogP contribution is 2.21. The van der Waals surface area contributed by atoms with Gasteiger partial charge in [0.25, 0.3) is 0 Å². The van der Waals surface area contributed by atoms with Gasteiger partial charge in [-0.1, -0.05) is 6.92 Å². The van der Waals surface area contributed by atoms with E-state index in [1.807, 2.05) is 16.8 Å². The monoisotopic (exact) mass is 339 g/mol. The summed E-state index contributed by atoms with van der Waals surface area (Å²) in [5, 5.41) is 19.8. The molecule has 0 saturated carbocycles.